The number of carbonyl (C=O) groups excluding carboxylic acids is 1. The molecular weight excluding hydrogens is 490 g/mol. The molecule has 2 fully saturated rings. The molecule has 10 nitrogen and oxygen atoms in total. The molecule has 12 heteroatoms. The van der Waals surface area contributed by atoms with Crippen LogP contribution in [0.5, 0.6) is 0 Å². The average Bonchev–Trinajstić information content (AvgIpc) is 3.48. The third-order valence-electron chi connectivity index (χ3n) is 6.35. The lowest BCUT2D eigenvalue weighted by molar-refractivity contribution is 0.0607. The number of benzene rings is 1. The van der Waals surface area contributed by atoms with Crippen LogP contribution in [0.15, 0.2) is 30.5 Å². The van der Waals surface area contributed by atoms with Gasteiger partial charge in [-0.25, -0.2) is 23.3 Å². The normalized spacial score (nSPS) is 18.9. The number of rotatable bonds is 5. The van der Waals surface area contributed by atoms with Crippen LogP contribution in [0.3, 0.4) is 0 Å². The second-order valence-electron chi connectivity index (χ2n) is 9.11. The zero-order valence-corrected chi connectivity index (χ0v) is 21.2. The number of aromatic nitrogens is 3. The van der Waals surface area contributed by atoms with E-state index in [0.717, 1.165) is 67.8 Å². The van der Waals surface area contributed by atoms with E-state index in [9.17, 15) is 13.2 Å². The largest absolute Gasteiger partial charge is 0.330 e. The van der Waals surface area contributed by atoms with Gasteiger partial charge in [0.2, 0.25) is 10.0 Å². The maximum absolute atomic E-state index is 13.7. The van der Waals surface area contributed by atoms with Crippen LogP contribution in [-0.4, -0.2) is 59.7 Å². The van der Waals surface area contributed by atoms with Gasteiger partial charge in [0, 0.05) is 42.5 Å². The molecule has 186 valence electrons. The van der Waals surface area contributed by atoms with Crippen molar-refractivity contribution in [2.24, 2.45) is 0 Å². The molecule has 5 rings (SSSR count). The molecule has 1 amide bonds. The van der Waals surface area contributed by atoms with Gasteiger partial charge in [-0.1, -0.05) is 11.6 Å². The summed E-state index contributed by atoms with van der Waals surface area (Å²) < 4.78 is 28.0. The van der Waals surface area contributed by atoms with E-state index >= 15 is 0 Å². The van der Waals surface area contributed by atoms with E-state index in [-0.39, 0.29) is 23.2 Å². The highest BCUT2D eigenvalue weighted by atomic mass is 35.5. The van der Waals surface area contributed by atoms with Crippen LogP contribution in [-0.2, 0) is 10.0 Å². The minimum atomic E-state index is -3.57. The lowest BCUT2D eigenvalue weighted by Gasteiger charge is -2.35. The van der Waals surface area contributed by atoms with E-state index in [1.54, 1.807) is 15.5 Å². The Morgan fingerprint density at radius 3 is 2.77 bits per heavy atom. The number of carbonyl (C=O) groups is 1. The Morgan fingerprint density at radius 2 is 2.03 bits per heavy atom. The number of amides is 1. The van der Waals surface area contributed by atoms with Crippen molar-refractivity contribution in [1.29, 1.82) is 0 Å². The van der Waals surface area contributed by atoms with Gasteiger partial charge >= 0.3 is 0 Å². The number of hydrazine groups is 1. The molecule has 2 saturated heterocycles. The monoisotopic (exact) mass is 517 g/mol. The molecule has 0 spiro atoms. The van der Waals surface area contributed by atoms with E-state index < -0.39 is 10.0 Å². The van der Waals surface area contributed by atoms with Crippen molar-refractivity contribution in [2.75, 3.05) is 35.6 Å². The number of aryl methyl sites for hydroxylation is 1. The Bertz CT molecular complexity index is 1390. The van der Waals surface area contributed by atoms with Crippen LogP contribution in [0.1, 0.15) is 53.3 Å². The van der Waals surface area contributed by atoms with Crippen molar-refractivity contribution in [3.8, 4) is 0 Å². The molecule has 2 aliphatic heterocycles. The third kappa shape index (κ3) is 4.93. The molecule has 2 aliphatic rings. The summed E-state index contributed by atoms with van der Waals surface area (Å²) in [6, 6.07) is 6.26. The number of anilines is 2. The predicted octanol–water partition coefficient (Wildman–Crippen LogP) is 3.14. The summed E-state index contributed by atoms with van der Waals surface area (Å²) in [5.74, 6) is 0.597. The molecule has 3 aromatic rings. The summed E-state index contributed by atoms with van der Waals surface area (Å²) in [7, 11) is -3.57. The zero-order chi connectivity index (χ0) is 24.7. The van der Waals surface area contributed by atoms with Gasteiger partial charge in [-0.2, -0.15) is 5.10 Å². The van der Waals surface area contributed by atoms with Gasteiger partial charge in [-0.05, 0) is 50.8 Å². The van der Waals surface area contributed by atoms with E-state index in [1.807, 2.05) is 19.2 Å². The Kier molecular flexibility index (Phi) is 6.32. The summed E-state index contributed by atoms with van der Waals surface area (Å²) in [5.41, 5.74) is 6.26. The third-order valence-corrected chi connectivity index (χ3v) is 7.18. The van der Waals surface area contributed by atoms with E-state index in [4.69, 9.17) is 21.7 Å². The van der Waals surface area contributed by atoms with Crippen LogP contribution < -0.4 is 15.2 Å². The molecule has 1 atom stereocenters. The summed E-state index contributed by atoms with van der Waals surface area (Å²) in [6.45, 7) is 4.38. The van der Waals surface area contributed by atoms with Gasteiger partial charge in [0.15, 0.2) is 5.65 Å². The molecular formula is C23H28ClN7O3S. The summed E-state index contributed by atoms with van der Waals surface area (Å²) >= 11 is 6.18. The maximum Gasteiger partial charge on any atom is 0.256 e. The Morgan fingerprint density at radius 1 is 1.20 bits per heavy atom. The van der Waals surface area contributed by atoms with Crippen molar-refractivity contribution < 1.29 is 13.2 Å². The van der Waals surface area contributed by atoms with Gasteiger partial charge in [0.25, 0.3) is 5.91 Å². The van der Waals surface area contributed by atoms with Crippen molar-refractivity contribution >= 4 is 44.7 Å². The first-order valence-corrected chi connectivity index (χ1v) is 13.9. The second-order valence-corrected chi connectivity index (χ2v) is 11.3. The van der Waals surface area contributed by atoms with Crippen molar-refractivity contribution in [3.63, 3.8) is 0 Å². The fourth-order valence-electron chi connectivity index (χ4n) is 4.79. The molecule has 1 aromatic carbocycles. The molecule has 35 heavy (non-hydrogen) atoms. The van der Waals surface area contributed by atoms with Crippen LogP contribution in [0.2, 0.25) is 5.02 Å². The second kappa shape index (κ2) is 9.29. The molecule has 0 aliphatic carbocycles. The number of sulfonamides is 1. The highest BCUT2D eigenvalue weighted by Gasteiger charge is 2.32. The molecule has 0 saturated carbocycles. The first kappa shape index (κ1) is 23.8. The molecule has 0 bridgehead atoms. The maximum atomic E-state index is 13.7. The molecule has 0 radical (unpaired) electrons. The quantitative estimate of drug-likeness (QED) is 0.534. The first-order chi connectivity index (χ1) is 16.7. The summed E-state index contributed by atoms with van der Waals surface area (Å²) in [4.78, 5) is 20.3. The number of nitrogens with one attached hydrogen (secondary N) is 2. The van der Waals surface area contributed by atoms with Gasteiger partial charge in [0.1, 0.15) is 5.82 Å². The minimum Gasteiger partial charge on any atom is -0.330 e. The van der Waals surface area contributed by atoms with Gasteiger partial charge in [0.05, 0.1) is 29.2 Å². The van der Waals surface area contributed by atoms with Crippen LogP contribution in [0.4, 0.5) is 11.5 Å². The lowest BCUT2D eigenvalue weighted by Crippen LogP contribution is -2.39. The molecule has 1 unspecified atom stereocenters. The number of likely N-dealkylation sites (tertiary alicyclic amines) is 1. The van der Waals surface area contributed by atoms with Crippen LogP contribution in [0, 0.1) is 6.92 Å². The number of hydrogen-bond donors (Lipinski definition) is 2. The predicted molar refractivity (Wildman–Crippen MR) is 135 cm³/mol. The molecule has 2 aromatic heterocycles. The van der Waals surface area contributed by atoms with E-state index in [1.165, 1.54) is 12.1 Å². The molecule has 2 N–H and O–H groups in total. The number of hydrogen-bond acceptors (Lipinski definition) is 7. The average molecular weight is 518 g/mol. The Labute approximate surface area is 209 Å². The van der Waals surface area contributed by atoms with Crippen molar-refractivity contribution in [1.82, 2.24) is 24.9 Å². The van der Waals surface area contributed by atoms with E-state index in [0.29, 0.717) is 11.6 Å². The SMILES string of the molecule is Cc1cn2nc(C3CCCCN3C(=O)c3cc(Cl)ccc3NS(C)(=O)=O)cc2nc1N1CCCN1. The lowest BCUT2D eigenvalue weighted by atomic mass is 9.98. The van der Waals surface area contributed by atoms with Crippen LogP contribution >= 0.6 is 11.6 Å². The van der Waals surface area contributed by atoms with Crippen LogP contribution in [0.25, 0.3) is 5.65 Å². The van der Waals surface area contributed by atoms with Gasteiger partial charge in [-0.15, -0.1) is 0 Å². The van der Waals surface area contributed by atoms with E-state index in [2.05, 4.69) is 15.2 Å². The summed E-state index contributed by atoms with van der Waals surface area (Å²) in [5, 5.41) is 7.20. The number of halogens is 1. The zero-order valence-electron chi connectivity index (χ0n) is 19.7. The smallest absolute Gasteiger partial charge is 0.256 e. The highest BCUT2D eigenvalue weighted by molar-refractivity contribution is 7.92. The minimum absolute atomic E-state index is 0.210. The Balaban J connectivity index is 1.50. The Hall–Kier alpha value is -2.89. The summed E-state index contributed by atoms with van der Waals surface area (Å²) in [6.07, 6.45) is 6.65. The van der Waals surface area contributed by atoms with Gasteiger partial charge < -0.3 is 4.90 Å². The number of fused-ring (bicyclic) bond motifs is 1. The highest BCUT2D eigenvalue weighted by Crippen LogP contribution is 2.34. The van der Waals surface area contributed by atoms with Gasteiger partial charge in [-0.3, -0.25) is 14.5 Å². The number of piperidine rings is 1. The van der Waals surface area contributed by atoms with Crippen molar-refractivity contribution in [3.05, 3.63) is 52.3 Å². The fourth-order valence-corrected chi connectivity index (χ4v) is 5.53. The number of nitrogens with zero attached hydrogens (tertiary/aromatic N) is 5. The van der Waals surface area contributed by atoms with Crippen molar-refractivity contribution in [2.45, 2.75) is 38.6 Å². The fraction of sp³-hybridized carbons (Fsp3) is 0.435. The topological polar surface area (TPSA) is 112 Å². The molecule has 4 heterocycles. The standard InChI is InChI=1S/C23H28ClN7O3S/c1-15-14-31-21(26-22(15)30-11-5-9-25-30)13-19(27-31)20-6-3-4-10-29(20)23(32)17-12-16(24)7-8-18(17)28-35(2,33)34/h7-8,12-14,20,25,28H,3-6,9-11H2,1-2H3. The first-order valence-electron chi connectivity index (χ1n) is 11.7.